The summed E-state index contributed by atoms with van der Waals surface area (Å²) in [5.41, 5.74) is 1.23. The van der Waals surface area contributed by atoms with Crippen molar-refractivity contribution in [2.45, 2.75) is 49.7 Å². The van der Waals surface area contributed by atoms with Crippen LogP contribution < -0.4 is 15.1 Å². The number of rotatable bonds is 7. The van der Waals surface area contributed by atoms with Crippen molar-refractivity contribution in [3.05, 3.63) is 83.1 Å². The molecule has 2 N–H and O–H groups in total. The molecule has 1 saturated carbocycles. The number of benzene rings is 2. The number of fused-ring (bicyclic) bond motifs is 1. The van der Waals surface area contributed by atoms with Gasteiger partial charge in [-0.15, -0.1) is 0 Å². The molecule has 10 nitrogen and oxygen atoms in total. The number of hydrogen-bond acceptors (Lipinski definition) is 6. The van der Waals surface area contributed by atoms with Gasteiger partial charge in [0, 0.05) is 47.5 Å². The number of nitrogens with one attached hydrogen (secondary N) is 2. The van der Waals surface area contributed by atoms with E-state index < -0.39 is 48.7 Å². The number of nitrogens with zero attached hydrogens (tertiary/aromatic N) is 5. The second-order valence-electron chi connectivity index (χ2n) is 10.5. The number of carbonyl (C=O) groups excluding carboxylic acids is 3. The molecule has 3 heterocycles. The fourth-order valence-corrected chi connectivity index (χ4v) is 5.90. The van der Waals surface area contributed by atoms with Gasteiger partial charge in [0.1, 0.15) is 17.9 Å². The summed E-state index contributed by atoms with van der Waals surface area (Å²) in [6.07, 6.45) is 2.02. The van der Waals surface area contributed by atoms with E-state index in [0.717, 1.165) is 0 Å². The zero-order chi connectivity index (χ0) is 30.3. The van der Waals surface area contributed by atoms with Gasteiger partial charge in [-0.3, -0.25) is 29.3 Å². The molecule has 0 spiro atoms. The molecule has 218 valence electrons. The lowest BCUT2D eigenvalue weighted by atomic mass is 9.87. The van der Waals surface area contributed by atoms with E-state index in [-0.39, 0.29) is 46.4 Å². The van der Waals surface area contributed by atoms with E-state index in [0.29, 0.717) is 10.9 Å². The fourth-order valence-electron chi connectivity index (χ4n) is 5.66. The Morgan fingerprint density at radius 1 is 1.19 bits per heavy atom. The Morgan fingerprint density at radius 3 is 2.72 bits per heavy atom. The first kappa shape index (κ1) is 28.2. The van der Waals surface area contributed by atoms with Crippen LogP contribution in [-0.4, -0.2) is 50.9 Å². The highest BCUT2D eigenvalue weighted by molar-refractivity contribution is 6.32. The van der Waals surface area contributed by atoms with Crippen LogP contribution >= 0.6 is 11.6 Å². The molecule has 2 fully saturated rings. The highest BCUT2D eigenvalue weighted by Crippen LogP contribution is 2.40. The van der Waals surface area contributed by atoms with E-state index in [4.69, 9.17) is 11.6 Å². The highest BCUT2D eigenvalue weighted by atomic mass is 35.5. The van der Waals surface area contributed by atoms with Gasteiger partial charge >= 0.3 is 0 Å². The Bertz CT molecular complexity index is 1780. The van der Waals surface area contributed by atoms with Crippen molar-refractivity contribution in [2.75, 3.05) is 9.80 Å². The van der Waals surface area contributed by atoms with E-state index in [1.54, 1.807) is 48.7 Å². The number of amides is 3. The molecule has 2 aromatic carbocycles. The van der Waals surface area contributed by atoms with Gasteiger partial charge in [0.25, 0.3) is 11.8 Å². The van der Waals surface area contributed by atoms with Gasteiger partial charge < -0.3 is 5.32 Å². The number of pyridine rings is 1. The molecular weight excluding hydrogens is 580 g/mol. The van der Waals surface area contributed by atoms with Gasteiger partial charge in [-0.25, -0.2) is 13.8 Å². The molecule has 1 aliphatic heterocycles. The number of anilines is 2. The summed E-state index contributed by atoms with van der Waals surface area (Å²) >= 11 is 6.60. The topological polar surface area (TPSA) is 135 Å². The molecule has 1 aliphatic carbocycles. The summed E-state index contributed by atoms with van der Waals surface area (Å²) in [6, 6.07) is 13.2. The minimum absolute atomic E-state index is 0.0249. The summed E-state index contributed by atoms with van der Waals surface area (Å²) < 4.78 is 27.4. The normalized spacial score (nSPS) is 18.6. The van der Waals surface area contributed by atoms with Crippen molar-refractivity contribution < 1.29 is 23.2 Å². The first-order chi connectivity index (χ1) is 20.7. The third-order valence-corrected chi connectivity index (χ3v) is 8.06. The van der Waals surface area contributed by atoms with E-state index in [1.807, 2.05) is 6.07 Å². The van der Waals surface area contributed by atoms with Crippen LogP contribution in [0, 0.1) is 11.3 Å². The summed E-state index contributed by atoms with van der Waals surface area (Å²) in [4.78, 5) is 48.7. The van der Waals surface area contributed by atoms with E-state index in [1.165, 1.54) is 28.1 Å². The van der Waals surface area contributed by atoms with Crippen molar-refractivity contribution >= 4 is 51.7 Å². The predicted octanol–water partition coefficient (Wildman–Crippen LogP) is 4.67. The molecule has 2 aliphatic rings. The predicted molar refractivity (Wildman–Crippen MR) is 153 cm³/mol. The maximum Gasteiger partial charge on any atom is 0.252 e. The lowest BCUT2D eigenvalue weighted by Gasteiger charge is -2.39. The summed E-state index contributed by atoms with van der Waals surface area (Å²) in [6.45, 7) is 0. The number of aromatic amines is 1. The van der Waals surface area contributed by atoms with Crippen LogP contribution in [0.4, 0.5) is 20.3 Å². The molecule has 0 unspecified atom stereocenters. The lowest BCUT2D eigenvalue weighted by Crippen LogP contribution is -2.56. The number of carbonyl (C=O) groups is 3. The Balaban J connectivity index is 1.49. The molecule has 43 heavy (non-hydrogen) atoms. The molecule has 2 aromatic heterocycles. The van der Waals surface area contributed by atoms with E-state index in [2.05, 4.69) is 20.5 Å². The third-order valence-electron chi connectivity index (χ3n) is 7.71. The third kappa shape index (κ3) is 5.28. The molecular formula is C30H24ClF2N7O3. The van der Waals surface area contributed by atoms with Gasteiger partial charge in [0.2, 0.25) is 11.8 Å². The van der Waals surface area contributed by atoms with Crippen molar-refractivity contribution in [1.29, 1.82) is 5.26 Å². The average Bonchev–Trinajstić information content (AvgIpc) is 3.62. The zero-order valence-electron chi connectivity index (χ0n) is 22.5. The second kappa shape index (κ2) is 11.1. The summed E-state index contributed by atoms with van der Waals surface area (Å²) in [7, 11) is 0. The Kier molecular flexibility index (Phi) is 7.27. The molecule has 2 atom stereocenters. The number of halogens is 3. The average molecular weight is 604 g/mol. The minimum atomic E-state index is -2.88. The standard InChI is InChI=1S/C30H24ClF2N7O3/c31-21-6-2-1-5-20(21)27(28(42)37-19-13-30(32,33)14-19)40(22-7-3-4-18-16-36-38-26(18)22)29(43)23-8-9-25(41)39(23)24-12-17(15-34)10-11-35-24/h1-7,10-12,16,19,23,27H,8-9,13-14H2,(H,36,38)(H,37,42)/t23-,27-/m0/s1. The second-order valence-corrected chi connectivity index (χ2v) is 11.0. The maximum absolute atomic E-state index is 14.8. The number of aromatic nitrogens is 3. The smallest absolute Gasteiger partial charge is 0.252 e. The van der Waals surface area contributed by atoms with Gasteiger partial charge in [0.05, 0.1) is 29.0 Å². The number of hydrogen-bond donors (Lipinski definition) is 2. The van der Waals surface area contributed by atoms with Gasteiger partial charge in [-0.05, 0) is 30.7 Å². The molecule has 1 saturated heterocycles. The number of nitriles is 1. The molecule has 0 bridgehead atoms. The van der Waals surface area contributed by atoms with Gasteiger partial charge in [0.15, 0.2) is 0 Å². The number of alkyl halides is 2. The maximum atomic E-state index is 14.8. The SMILES string of the molecule is N#Cc1ccnc(N2C(=O)CC[C@H]2C(=O)N(c2cccc3cn[nH]c23)[C@H](C(=O)NC2CC(F)(F)C2)c2ccccc2Cl)c1. The first-order valence-corrected chi connectivity index (χ1v) is 13.9. The largest absolute Gasteiger partial charge is 0.351 e. The van der Waals surface area contributed by atoms with Crippen LogP contribution in [-0.2, 0) is 14.4 Å². The van der Waals surface area contributed by atoms with Crippen LogP contribution in [0.5, 0.6) is 0 Å². The van der Waals surface area contributed by atoms with Crippen LogP contribution in [0.25, 0.3) is 10.9 Å². The van der Waals surface area contributed by atoms with E-state index in [9.17, 15) is 28.4 Å². The van der Waals surface area contributed by atoms with Crippen LogP contribution in [0.1, 0.15) is 42.9 Å². The highest BCUT2D eigenvalue weighted by Gasteiger charge is 2.49. The zero-order valence-corrected chi connectivity index (χ0v) is 23.3. The Morgan fingerprint density at radius 2 is 1.98 bits per heavy atom. The van der Waals surface area contributed by atoms with Crippen LogP contribution in [0.2, 0.25) is 5.02 Å². The summed E-state index contributed by atoms with van der Waals surface area (Å²) in [5, 5.41) is 19.9. The van der Waals surface area contributed by atoms with E-state index >= 15 is 0 Å². The van der Waals surface area contributed by atoms with Crippen molar-refractivity contribution in [3.8, 4) is 6.07 Å². The van der Waals surface area contributed by atoms with Crippen molar-refractivity contribution in [2.24, 2.45) is 0 Å². The lowest BCUT2D eigenvalue weighted by molar-refractivity contribution is -0.133. The Hall–Kier alpha value is -4.89. The monoisotopic (exact) mass is 603 g/mol. The summed E-state index contributed by atoms with van der Waals surface area (Å²) in [5.74, 6) is -4.48. The van der Waals surface area contributed by atoms with Crippen molar-refractivity contribution in [3.63, 3.8) is 0 Å². The first-order valence-electron chi connectivity index (χ1n) is 13.5. The van der Waals surface area contributed by atoms with Crippen LogP contribution in [0.15, 0.2) is 67.0 Å². The van der Waals surface area contributed by atoms with Crippen LogP contribution in [0.3, 0.4) is 0 Å². The fraction of sp³-hybridized carbons (Fsp3) is 0.267. The van der Waals surface area contributed by atoms with Gasteiger partial charge in [-0.1, -0.05) is 41.9 Å². The van der Waals surface area contributed by atoms with Crippen molar-refractivity contribution in [1.82, 2.24) is 20.5 Å². The number of H-pyrrole nitrogens is 1. The Labute approximate surface area is 249 Å². The number of para-hydroxylation sites is 1. The molecule has 13 heteroatoms. The molecule has 4 aromatic rings. The van der Waals surface area contributed by atoms with Gasteiger partial charge in [-0.2, -0.15) is 10.4 Å². The quantitative estimate of drug-likeness (QED) is 0.315. The minimum Gasteiger partial charge on any atom is -0.351 e. The molecule has 3 amide bonds. The molecule has 6 rings (SSSR count). The molecule has 0 radical (unpaired) electrons.